The molecule has 2 aliphatic rings. The zero-order chi connectivity index (χ0) is 20.5. The number of hydrogen-bond donors (Lipinski definition) is 0. The molecular formula is C22H26N6OS. The molecule has 8 heteroatoms. The number of nitrogens with zero attached hydrogens (tertiary/aromatic N) is 6. The third-order valence-electron chi connectivity index (χ3n) is 6.13. The van der Waals surface area contributed by atoms with E-state index >= 15 is 0 Å². The van der Waals surface area contributed by atoms with Crippen LogP contribution in [0.3, 0.4) is 0 Å². The van der Waals surface area contributed by atoms with Crippen LogP contribution in [0.5, 0.6) is 0 Å². The molecule has 1 amide bonds. The Hall–Kier alpha value is -2.58. The second kappa shape index (κ2) is 8.28. The Labute approximate surface area is 180 Å². The van der Waals surface area contributed by atoms with Gasteiger partial charge in [-0.15, -0.1) is 0 Å². The quantitative estimate of drug-likeness (QED) is 0.647. The first-order valence-electron chi connectivity index (χ1n) is 10.6. The summed E-state index contributed by atoms with van der Waals surface area (Å²) in [5.74, 6) is 0.490. The molecular weight excluding hydrogens is 396 g/mol. The predicted octanol–water partition coefficient (Wildman–Crippen LogP) is 2.74. The number of pyridine rings is 2. The Kier molecular flexibility index (Phi) is 5.35. The number of piperidine rings is 1. The third-order valence-corrected chi connectivity index (χ3v) is 7.16. The predicted molar refractivity (Wildman–Crippen MR) is 120 cm³/mol. The van der Waals surface area contributed by atoms with E-state index in [1.165, 1.54) is 0 Å². The first-order valence-corrected chi connectivity index (χ1v) is 11.4. The van der Waals surface area contributed by atoms with Crippen molar-refractivity contribution in [3.8, 4) is 11.3 Å². The maximum Gasteiger partial charge on any atom is 0.225 e. The summed E-state index contributed by atoms with van der Waals surface area (Å²) in [5, 5.41) is 1.01. The van der Waals surface area contributed by atoms with Crippen molar-refractivity contribution in [3.05, 3.63) is 36.7 Å². The lowest BCUT2D eigenvalue weighted by molar-refractivity contribution is -0.137. The fraction of sp³-hybridized carbons (Fsp3) is 0.455. The molecule has 30 heavy (non-hydrogen) atoms. The third kappa shape index (κ3) is 3.89. The van der Waals surface area contributed by atoms with Gasteiger partial charge in [0, 0.05) is 63.1 Å². The second-order valence-electron chi connectivity index (χ2n) is 8.15. The highest BCUT2D eigenvalue weighted by atomic mass is 32.1. The minimum atomic E-state index is 0.148. The van der Waals surface area contributed by atoms with Crippen molar-refractivity contribution in [1.82, 2.24) is 24.8 Å². The summed E-state index contributed by atoms with van der Waals surface area (Å²) in [6.07, 6.45) is 5.40. The van der Waals surface area contributed by atoms with Crippen molar-refractivity contribution in [2.24, 2.45) is 5.92 Å². The zero-order valence-corrected chi connectivity index (χ0v) is 18.0. The van der Waals surface area contributed by atoms with E-state index in [1.807, 2.05) is 30.5 Å². The maximum absolute atomic E-state index is 12.9. The fourth-order valence-electron chi connectivity index (χ4n) is 4.22. The van der Waals surface area contributed by atoms with Gasteiger partial charge in [-0.05, 0) is 44.2 Å². The van der Waals surface area contributed by atoms with E-state index in [1.54, 1.807) is 17.5 Å². The van der Waals surface area contributed by atoms with Gasteiger partial charge >= 0.3 is 0 Å². The lowest BCUT2D eigenvalue weighted by Gasteiger charge is -2.37. The number of piperazine rings is 1. The van der Waals surface area contributed by atoms with Crippen LogP contribution in [0.4, 0.5) is 5.13 Å². The van der Waals surface area contributed by atoms with E-state index in [9.17, 15) is 4.79 Å². The maximum atomic E-state index is 12.9. The molecule has 0 saturated carbocycles. The molecule has 156 valence electrons. The number of hydrogen-bond acceptors (Lipinski definition) is 7. The lowest BCUT2D eigenvalue weighted by atomic mass is 9.95. The van der Waals surface area contributed by atoms with Crippen LogP contribution in [0.2, 0.25) is 0 Å². The van der Waals surface area contributed by atoms with E-state index in [0.29, 0.717) is 5.91 Å². The number of amides is 1. The van der Waals surface area contributed by atoms with Gasteiger partial charge in [0.15, 0.2) is 5.13 Å². The van der Waals surface area contributed by atoms with E-state index in [0.717, 1.165) is 78.8 Å². The Morgan fingerprint density at radius 1 is 1.03 bits per heavy atom. The molecule has 7 nitrogen and oxygen atoms in total. The van der Waals surface area contributed by atoms with Gasteiger partial charge in [0.2, 0.25) is 5.91 Å². The Bertz CT molecular complexity index is 1020. The summed E-state index contributed by atoms with van der Waals surface area (Å²) in [7, 11) is 2.12. The van der Waals surface area contributed by atoms with Crippen molar-refractivity contribution in [1.29, 1.82) is 0 Å². The van der Waals surface area contributed by atoms with Gasteiger partial charge in [-0.2, -0.15) is 0 Å². The van der Waals surface area contributed by atoms with Gasteiger partial charge in [0.1, 0.15) is 10.3 Å². The topological polar surface area (TPSA) is 65.5 Å². The molecule has 2 aliphatic heterocycles. The Morgan fingerprint density at radius 3 is 2.57 bits per heavy atom. The summed E-state index contributed by atoms with van der Waals surface area (Å²) in [4.78, 5) is 34.3. The molecule has 0 aliphatic carbocycles. The van der Waals surface area contributed by atoms with Gasteiger partial charge in [-0.1, -0.05) is 11.3 Å². The molecule has 0 bridgehead atoms. The van der Waals surface area contributed by atoms with Crippen molar-refractivity contribution in [2.75, 3.05) is 51.2 Å². The van der Waals surface area contributed by atoms with Gasteiger partial charge in [-0.25, -0.2) is 9.97 Å². The van der Waals surface area contributed by atoms with E-state index < -0.39 is 0 Å². The Balaban J connectivity index is 1.25. The monoisotopic (exact) mass is 422 g/mol. The molecule has 3 aromatic rings. The number of anilines is 1. The van der Waals surface area contributed by atoms with Crippen LogP contribution in [0.1, 0.15) is 12.8 Å². The van der Waals surface area contributed by atoms with Crippen molar-refractivity contribution in [2.45, 2.75) is 12.8 Å². The highest BCUT2D eigenvalue weighted by Crippen LogP contribution is 2.32. The lowest BCUT2D eigenvalue weighted by Crippen LogP contribution is -2.50. The van der Waals surface area contributed by atoms with E-state index in [-0.39, 0.29) is 5.92 Å². The summed E-state index contributed by atoms with van der Waals surface area (Å²) in [5.41, 5.74) is 2.86. The van der Waals surface area contributed by atoms with Gasteiger partial charge in [0.05, 0.1) is 5.69 Å². The van der Waals surface area contributed by atoms with Gasteiger partial charge in [0.25, 0.3) is 0 Å². The van der Waals surface area contributed by atoms with Crippen LogP contribution >= 0.6 is 11.3 Å². The molecule has 0 unspecified atom stereocenters. The number of likely N-dealkylation sites (N-methyl/N-ethyl adjacent to an activating group) is 1. The summed E-state index contributed by atoms with van der Waals surface area (Å²) >= 11 is 1.63. The van der Waals surface area contributed by atoms with Crippen LogP contribution < -0.4 is 4.90 Å². The molecule has 2 saturated heterocycles. The summed E-state index contributed by atoms with van der Waals surface area (Å²) in [6.45, 7) is 5.42. The number of carbonyl (C=O) groups is 1. The van der Waals surface area contributed by atoms with Gasteiger partial charge in [-0.3, -0.25) is 9.78 Å². The number of thiazole rings is 1. The van der Waals surface area contributed by atoms with Crippen molar-refractivity contribution < 1.29 is 4.79 Å². The van der Waals surface area contributed by atoms with Gasteiger partial charge < -0.3 is 14.7 Å². The number of rotatable bonds is 3. The van der Waals surface area contributed by atoms with Crippen LogP contribution in [0, 0.1) is 5.92 Å². The highest BCUT2D eigenvalue weighted by Gasteiger charge is 2.30. The molecule has 2 fully saturated rings. The largest absolute Gasteiger partial charge is 0.348 e. The normalized spacial score (nSPS) is 18.8. The smallest absolute Gasteiger partial charge is 0.225 e. The molecule has 0 aromatic carbocycles. The fourth-order valence-corrected chi connectivity index (χ4v) is 5.21. The SMILES string of the molecule is CN1CCN(C(=O)C2CCN(c3nc4ccc(-c5cccnc5)nc4s3)CC2)CC1. The van der Waals surface area contributed by atoms with Crippen LogP contribution in [0.15, 0.2) is 36.7 Å². The second-order valence-corrected chi connectivity index (χ2v) is 9.10. The molecule has 5 heterocycles. The molecule has 0 spiro atoms. The number of aromatic nitrogens is 3. The summed E-state index contributed by atoms with van der Waals surface area (Å²) < 4.78 is 0. The summed E-state index contributed by atoms with van der Waals surface area (Å²) in [6, 6.07) is 7.98. The molecule has 0 N–H and O–H groups in total. The zero-order valence-electron chi connectivity index (χ0n) is 17.2. The number of carbonyl (C=O) groups excluding carboxylic acids is 1. The minimum absolute atomic E-state index is 0.148. The van der Waals surface area contributed by atoms with E-state index in [2.05, 4.69) is 26.7 Å². The number of fused-ring (bicyclic) bond motifs is 1. The molecule has 0 atom stereocenters. The van der Waals surface area contributed by atoms with Crippen molar-refractivity contribution >= 4 is 32.7 Å². The minimum Gasteiger partial charge on any atom is -0.348 e. The average Bonchev–Trinajstić information content (AvgIpc) is 3.23. The molecule has 0 radical (unpaired) electrons. The van der Waals surface area contributed by atoms with E-state index in [4.69, 9.17) is 9.97 Å². The Morgan fingerprint density at radius 2 is 1.83 bits per heavy atom. The average molecular weight is 423 g/mol. The molecule has 5 rings (SSSR count). The first kappa shape index (κ1) is 19.4. The molecule has 3 aromatic heterocycles. The first-order chi connectivity index (χ1) is 14.7. The van der Waals surface area contributed by atoms with Crippen LogP contribution in [0.25, 0.3) is 21.6 Å². The standard InChI is InChI=1S/C22H26N6OS/c1-26-11-13-27(14-12-26)21(29)16-6-9-28(10-7-16)22-25-19-5-4-18(24-20(19)30-22)17-3-2-8-23-15-17/h2-5,8,15-16H,6-7,9-14H2,1H3. The van der Waals surface area contributed by atoms with Crippen molar-refractivity contribution in [3.63, 3.8) is 0 Å². The highest BCUT2D eigenvalue weighted by molar-refractivity contribution is 7.21. The van der Waals surface area contributed by atoms with Crippen LogP contribution in [-0.2, 0) is 4.79 Å². The van der Waals surface area contributed by atoms with Crippen LogP contribution in [-0.4, -0.2) is 77.0 Å².